The van der Waals surface area contributed by atoms with Gasteiger partial charge in [-0.25, -0.2) is 9.97 Å². The average molecular weight is 351 g/mol. The third kappa shape index (κ3) is 3.05. The van der Waals surface area contributed by atoms with E-state index < -0.39 is 0 Å². The molecule has 1 fully saturated rings. The van der Waals surface area contributed by atoms with Gasteiger partial charge in [0, 0.05) is 51.2 Å². The molecule has 1 aromatic carbocycles. The van der Waals surface area contributed by atoms with E-state index in [-0.39, 0.29) is 17.9 Å². The molecule has 1 aromatic heterocycles. The zero-order chi connectivity index (χ0) is 18.1. The number of nitrogens with zero attached hydrogens (tertiary/aromatic N) is 5. The van der Waals surface area contributed by atoms with Crippen LogP contribution in [0.5, 0.6) is 0 Å². The maximum atomic E-state index is 13.4. The molecular formula is C20H25N5O. The summed E-state index contributed by atoms with van der Waals surface area (Å²) in [5.74, 6) is 0.894. The molecule has 1 amide bonds. The second-order valence-electron chi connectivity index (χ2n) is 7.19. The molecule has 2 aromatic rings. The molecule has 6 heteroatoms. The molecule has 26 heavy (non-hydrogen) atoms. The first-order valence-corrected chi connectivity index (χ1v) is 9.24. The van der Waals surface area contributed by atoms with E-state index in [0.29, 0.717) is 13.1 Å². The molecule has 4 rings (SSSR count). The number of amides is 1. The van der Waals surface area contributed by atoms with Crippen LogP contribution in [0, 0.1) is 0 Å². The van der Waals surface area contributed by atoms with Crippen LogP contribution in [0.4, 0.5) is 5.95 Å². The highest BCUT2D eigenvalue weighted by molar-refractivity contribution is 5.85. The molecule has 0 bridgehead atoms. The molecule has 0 radical (unpaired) electrons. The number of likely N-dealkylation sites (N-methyl/N-ethyl adjacent to an activating group) is 1. The molecule has 0 saturated carbocycles. The predicted molar refractivity (Wildman–Crippen MR) is 101 cm³/mol. The third-order valence-electron chi connectivity index (χ3n) is 5.68. The topological polar surface area (TPSA) is 52.6 Å². The summed E-state index contributed by atoms with van der Waals surface area (Å²) < 4.78 is 0. The first kappa shape index (κ1) is 17.0. The largest absolute Gasteiger partial charge is 0.339 e. The lowest BCUT2D eigenvalue weighted by molar-refractivity contribution is -0.135. The number of carbonyl (C=O) groups excluding carboxylic acids is 1. The predicted octanol–water partition coefficient (Wildman–Crippen LogP) is 1.74. The van der Waals surface area contributed by atoms with Crippen molar-refractivity contribution in [3.63, 3.8) is 0 Å². The fourth-order valence-corrected chi connectivity index (χ4v) is 4.03. The monoisotopic (exact) mass is 351 g/mol. The Hall–Kier alpha value is -2.47. The van der Waals surface area contributed by atoms with Crippen LogP contribution in [0.15, 0.2) is 42.7 Å². The minimum Gasteiger partial charge on any atom is -0.339 e. The smallest absolute Gasteiger partial charge is 0.231 e. The fraction of sp³-hybridized carbons (Fsp3) is 0.450. The van der Waals surface area contributed by atoms with Crippen LogP contribution in [0.25, 0.3) is 0 Å². The van der Waals surface area contributed by atoms with Crippen LogP contribution in [0.2, 0.25) is 0 Å². The van der Waals surface area contributed by atoms with Gasteiger partial charge in [-0.2, -0.15) is 0 Å². The van der Waals surface area contributed by atoms with Gasteiger partial charge < -0.3 is 9.80 Å². The van der Waals surface area contributed by atoms with Gasteiger partial charge in [0.1, 0.15) is 0 Å². The molecule has 0 aliphatic carbocycles. The second-order valence-corrected chi connectivity index (χ2v) is 7.19. The number of aromatic nitrogens is 2. The molecular weight excluding hydrogens is 326 g/mol. The number of fused-ring (bicyclic) bond motifs is 1. The van der Waals surface area contributed by atoms with Gasteiger partial charge in [0.2, 0.25) is 11.9 Å². The van der Waals surface area contributed by atoms with E-state index in [1.165, 1.54) is 11.1 Å². The quantitative estimate of drug-likeness (QED) is 0.825. The molecule has 2 atom stereocenters. The summed E-state index contributed by atoms with van der Waals surface area (Å²) in [5, 5.41) is 0. The maximum absolute atomic E-state index is 13.4. The molecule has 2 aliphatic rings. The first-order chi connectivity index (χ1) is 12.6. The third-order valence-corrected chi connectivity index (χ3v) is 5.68. The van der Waals surface area contributed by atoms with Gasteiger partial charge in [-0.15, -0.1) is 0 Å². The highest BCUT2D eigenvalue weighted by Gasteiger charge is 2.38. The standard InChI is InChI=1S/C20H25N5O/c1-15-18(17-7-4-3-6-16(17)14-23(15)2)19(26)24-10-12-25(13-11-24)20-21-8-5-9-22-20/h3-9,15,18H,10-14H2,1-2H3. The highest BCUT2D eigenvalue weighted by Crippen LogP contribution is 2.34. The summed E-state index contributed by atoms with van der Waals surface area (Å²) in [6.07, 6.45) is 3.52. The lowest BCUT2D eigenvalue weighted by atomic mass is 9.83. The summed E-state index contributed by atoms with van der Waals surface area (Å²) in [4.78, 5) is 28.4. The summed E-state index contributed by atoms with van der Waals surface area (Å²) in [6, 6.07) is 10.4. The Morgan fingerprint density at radius 3 is 2.46 bits per heavy atom. The molecule has 0 spiro atoms. The Morgan fingerprint density at radius 2 is 1.73 bits per heavy atom. The van der Waals surface area contributed by atoms with Gasteiger partial charge in [0.15, 0.2) is 0 Å². The number of anilines is 1. The van der Waals surface area contributed by atoms with Crippen molar-refractivity contribution in [3.8, 4) is 0 Å². The van der Waals surface area contributed by atoms with E-state index in [0.717, 1.165) is 25.6 Å². The van der Waals surface area contributed by atoms with Crippen molar-refractivity contribution in [2.75, 3.05) is 38.1 Å². The zero-order valence-corrected chi connectivity index (χ0v) is 15.4. The number of carbonyl (C=O) groups is 1. The lowest BCUT2D eigenvalue weighted by Gasteiger charge is -2.42. The Balaban J connectivity index is 1.50. The summed E-state index contributed by atoms with van der Waals surface area (Å²) in [5.41, 5.74) is 2.46. The van der Waals surface area contributed by atoms with Gasteiger partial charge in [-0.3, -0.25) is 9.69 Å². The van der Waals surface area contributed by atoms with Gasteiger partial charge in [-0.05, 0) is 31.2 Å². The average Bonchev–Trinajstić information content (AvgIpc) is 2.69. The van der Waals surface area contributed by atoms with Gasteiger partial charge in [0.25, 0.3) is 0 Å². The zero-order valence-electron chi connectivity index (χ0n) is 15.4. The maximum Gasteiger partial charge on any atom is 0.231 e. The normalized spacial score (nSPS) is 23.6. The molecule has 1 saturated heterocycles. The number of hydrogen-bond acceptors (Lipinski definition) is 5. The van der Waals surface area contributed by atoms with E-state index in [4.69, 9.17) is 0 Å². The van der Waals surface area contributed by atoms with Crippen molar-refractivity contribution < 1.29 is 4.79 Å². The second kappa shape index (κ2) is 7.03. The number of piperazine rings is 1. The van der Waals surface area contributed by atoms with Crippen molar-refractivity contribution >= 4 is 11.9 Å². The first-order valence-electron chi connectivity index (χ1n) is 9.24. The van der Waals surface area contributed by atoms with E-state index in [9.17, 15) is 4.79 Å². The van der Waals surface area contributed by atoms with E-state index >= 15 is 0 Å². The van der Waals surface area contributed by atoms with Crippen molar-refractivity contribution in [1.82, 2.24) is 19.8 Å². The number of hydrogen-bond donors (Lipinski definition) is 0. The Labute approximate surface area is 154 Å². The highest BCUT2D eigenvalue weighted by atomic mass is 16.2. The fourth-order valence-electron chi connectivity index (χ4n) is 4.03. The summed E-state index contributed by atoms with van der Waals surface area (Å²) >= 11 is 0. The number of benzene rings is 1. The van der Waals surface area contributed by atoms with Crippen LogP contribution in [0.1, 0.15) is 24.0 Å². The van der Waals surface area contributed by atoms with Gasteiger partial charge >= 0.3 is 0 Å². The molecule has 2 aliphatic heterocycles. The Bertz CT molecular complexity index is 773. The van der Waals surface area contributed by atoms with E-state index in [2.05, 4.69) is 51.9 Å². The number of rotatable bonds is 2. The van der Waals surface area contributed by atoms with Crippen LogP contribution in [-0.2, 0) is 11.3 Å². The molecule has 136 valence electrons. The summed E-state index contributed by atoms with van der Waals surface area (Å²) in [6.45, 7) is 6.04. The van der Waals surface area contributed by atoms with E-state index in [1.807, 2.05) is 17.0 Å². The minimum atomic E-state index is -0.0931. The Morgan fingerprint density at radius 1 is 1.04 bits per heavy atom. The molecule has 6 nitrogen and oxygen atoms in total. The van der Waals surface area contributed by atoms with Gasteiger partial charge in [-0.1, -0.05) is 24.3 Å². The van der Waals surface area contributed by atoms with Crippen LogP contribution in [0.3, 0.4) is 0 Å². The Kier molecular flexibility index (Phi) is 4.59. The molecule has 0 N–H and O–H groups in total. The van der Waals surface area contributed by atoms with Crippen LogP contribution in [-0.4, -0.2) is 64.9 Å². The summed E-state index contributed by atoms with van der Waals surface area (Å²) in [7, 11) is 2.10. The molecule has 2 unspecified atom stereocenters. The SMILES string of the molecule is CC1C(C(=O)N2CCN(c3ncccn3)CC2)c2ccccc2CN1C. The van der Waals surface area contributed by atoms with Crippen LogP contribution >= 0.6 is 0 Å². The van der Waals surface area contributed by atoms with Crippen molar-refractivity contribution in [1.29, 1.82) is 0 Å². The van der Waals surface area contributed by atoms with Crippen molar-refractivity contribution in [2.24, 2.45) is 0 Å². The lowest BCUT2D eigenvalue weighted by Crippen LogP contribution is -2.53. The van der Waals surface area contributed by atoms with Crippen LogP contribution < -0.4 is 4.90 Å². The van der Waals surface area contributed by atoms with Crippen molar-refractivity contribution in [2.45, 2.75) is 25.4 Å². The van der Waals surface area contributed by atoms with E-state index in [1.54, 1.807) is 12.4 Å². The molecule has 3 heterocycles. The minimum absolute atomic E-state index is 0.0931. The van der Waals surface area contributed by atoms with Crippen molar-refractivity contribution in [3.05, 3.63) is 53.9 Å². The van der Waals surface area contributed by atoms with Gasteiger partial charge in [0.05, 0.1) is 5.92 Å².